The third-order valence-corrected chi connectivity index (χ3v) is 2.84. The Hall–Kier alpha value is -1.88. The van der Waals surface area contributed by atoms with Gasteiger partial charge in [0.05, 0.1) is 17.3 Å². The van der Waals surface area contributed by atoms with Crippen LogP contribution in [0.4, 0.5) is 0 Å². The Morgan fingerprint density at radius 2 is 2.29 bits per heavy atom. The highest BCUT2D eigenvalue weighted by atomic mass is 16.1. The largest absolute Gasteiger partial charge is 0.368 e. The van der Waals surface area contributed by atoms with Gasteiger partial charge in [-0.15, -0.1) is 0 Å². The van der Waals surface area contributed by atoms with Gasteiger partial charge >= 0.3 is 0 Å². The van der Waals surface area contributed by atoms with E-state index in [9.17, 15) is 4.79 Å². The van der Waals surface area contributed by atoms with Crippen molar-refractivity contribution in [1.29, 1.82) is 0 Å². The van der Waals surface area contributed by atoms with Crippen molar-refractivity contribution in [3.63, 3.8) is 0 Å². The lowest BCUT2D eigenvalue weighted by Crippen LogP contribution is -2.50. The number of hydrogen-bond donors (Lipinski definition) is 2. The summed E-state index contributed by atoms with van der Waals surface area (Å²) in [7, 11) is 0. The van der Waals surface area contributed by atoms with Crippen molar-refractivity contribution in [2.24, 2.45) is 5.73 Å². The van der Waals surface area contributed by atoms with Gasteiger partial charge in [-0.3, -0.25) is 10.1 Å². The van der Waals surface area contributed by atoms with Crippen molar-refractivity contribution < 1.29 is 4.79 Å². The van der Waals surface area contributed by atoms with Crippen LogP contribution in [0.2, 0.25) is 0 Å². The maximum atomic E-state index is 11.2. The van der Waals surface area contributed by atoms with E-state index in [4.69, 9.17) is 5.73 Å². The quantitative estimate of drug-likeness (QED) is 0.814. The highest BCUT2D eigenvalue weighted by molar-refractivity contribution is 5.83. The Labute approximate surface area is 99.6 Å². The fourth-order valence-corrected chi connectivity index (χ4v) is 1.53. The number of aromatic nitrogens is 2. The number of pyridine rings is 1. The molecule has 0 radical (unpaired) electrons. The molecule has 2 heterocycles. The summed E-state index contributed by atoms with van der Waals surface area (Å²) in [5.41, 5.74) is 6.65. The van der Waals surface area contributed by atoms with Crippen LogP contribution in [0.5, 0.6) is 0 Å². The van der Waals surface area contributed by atoms with E-state index in [1.165, 1.54) is 0 Å². The topological polar surface area (TPSA) is 72.4 Å². The van der Waals surface area contributed by atoms with E-state index in [2.05, 4.69) is 10.4 Å². The summed E-state index contributed by atoms with van der Waals surface area (Å²) >= 11 is 0. The smallest absolute Gasteiger partial charge is 0.237 e. The first-order valence-corrected chi connectivity index (χ1v) is 5.47. The molecule has 0 aromatic carbocycles. The van der Waals surface area contributed by atoms with Gasteiger partial charge in [0.2, 0.25) is 5.91 Å². The minimum atomic E-state index is -0.719. The molecule has 0 unspecified atom stereocenters. The van der Waals surface area contributed by atoms with Gasteiger partial charge < -0.3 is 5.73 Å². The molecule has 5 heteroatoms. The molecule has 2 aromatic rings. The first-order chi connectivity index (χ1) is 8.00. The second-order valence-corrected chi connectivity index (χ2v) is 4.54. The molecular weight excluding hydrogens is 216 g/mol. The van der Waals surface area contributed by atoms with E-state index in [0.29, 0.717) is 6.54 Å². The van der Waals surface area contributed by atoms with Gasteiger partial charge in [-0.2, -0.15) is 5.10 Å². The van der Waals surface area contributed by atoms with Crippen molar-refractivity contribution in [3.8, 4) is 0 Å². The molecule has 5 nitrogen and oxygen atoms in total. The van der Waals surface area contributed by atoms with Gasteiger partial charge in [-0.1, -0.05) is 6.07 Å². The van der Waals surface area contributed by atoms with Crippen molar-refractivity contribution >= 4 is 11.4 Å². The van der Waals surface area contributed by atoms with E-state index < -0.39 is 5.54 Å². The maximum absolute atomic E-state index is 11.2. The van der Waals surface area contributed by atoms with Crippen molar-refractivity contribution in [2.75, 3.05) is 0 Å². The molecule has 3 N–H and O–H groups in total. The Bertz CT molecular complexity index is 544. The standard InChI is InChI=1S/C12H16N4O/c1-12(2,11(13)17)14-7-9-8-15-16-6-4-3-5-10(9)16/h3-6,8,14H,7H2,1-2H3,(H2,13,17). The molecule has 0 fully saturated rings. The molecule has 90 valence electrons. The second-order valence-electron chi connectivity index (χ2n) is 4.54. The van der Waals surface area contributed by atoms with Crippen LogP contribution in [0.1, 0.15) is 19.4 Å². The van der Waals surface area contributed by atoms with Crippen LogP contribution in [0, 0.1) is 0 Å². The second kappa shape index (κ2) is 4.18. The van der Waals surface area contributed by atoms with Crippen LogP contribution in [0.3, 0.4) is 0 Å². The van der Waals surface area contributed by atoms with E-state index >= 15 is 0 Å². The molecule has 0 aliphatic carbocycles. The van der Waals surface area contributed by atoms with Crippen LogP contribution in [-0.2, 0) is 11.3 Å². The van der Waals surface area contributed by atoms with E-state index in [1.54, 1.807) is 24.6 Å². The summed E-state index contributed by atoms with van der Waals surface area (Å²) < 4.78 is 1.80. The predicted octanol–water partition coefficient (Wildman–Crippen LogP) is 0.688. The monoisotopic (exact) mass is 232 g/mol. The van der Waals surface area contributed by atoms with Crippen LogP contribution in [0.15, 0.2) is 30.6 Å². The lowest BCUT2D eigenvalue weighted by Gasteiger charge is -2.21. The van der Waals surface area contributed by atoms with E-state index in [0.717, 1.165) is 11.1 Å². The summed E-state index contributed by atoms with van der Waals surface area (Å²) in [4.78, 5) is 11.2. The lowest BCUT2D eigenvalue weighted by molar-refractivity contribution is -0.123. The summed E-state index contributed by atoms with van der Waals surface area (Å²) in [6, 6.07) is 5.87. The number of nitrogens with two attached hydrogens (primary N) is 1. The molecule has 1 amide bonds. The fraction of sp³-hybridized carbons (Fsp3) is 0.333. The minimum Gasteiger partial charge on any atom is -0.368 e. The molecule has 0 saturated heterocycles. The number of hydrogen-bond acceptors (Lipinski definition) is 3. The number of carbonyl (C=O) groups excluding carboxylic acids is 1. The molecule has 2 aromatic heterocycles. The van der Waals surface area contributed by atoms with Gasteiger partial charge in [0.1, 0.15) is 0 Å². The Balaban J connectivity index is 2.17. The number of nitrogens with zero attached hydrogens (tertiary/aromatic N) is 2. The Kier molecular flexibility index (Phi) is 2.85. The first-order valence-electron chi connectivity index (χ1n) is 5.47. The zero-order valence-electron chi connectivity index (χ0n) is 9.97. The summed E-state index contributed by atoms with van der Waals surface area (Å²) in [5, 5.41) is 7.35. The zero-order valence-corrected chi connectivity index (χ0v) is 9.97. The summed E-state index contributed by atoms with van der Waals surface area (Å²) in [6.07, 6.45) is 3.68. The molecule has 0 atom stereocenters. The fourth-order valence-electron chi connectivity index (χ4n) is 1.53. The third kappa shape index (κ3) is 2.29. The maximum Gasteiger partial charge on any atom is 0.237 e. The number of carbonyl (C=O) groups is 1. The third-order valence-electron chi connectivity index (χ3n) is 2.84. The highest BCUT2D eigenvalue weighted by Gasteiger charge is 2.24. The van der Waals surface area contributed by atoms with Crippen LogP contribution < -0.4 is 11.1 Å². The number of primary amides is 1. The van der Waals surface area contributed by atoms with Crippen molar-refractivity contribution in [1.82, 2.24) is 14.9 Å². The molecule has 0 aliphatic heterocycles. The highest BCUT2D eigenvalue weighted by Crippen LogP contribution is 2.11. The molecular formula is C12H16N4O. The molecule has 0 saturated carbocycles. The van der Waals surface area contributed by atoms with Crippen molar-refractivity contribution in [3.05, 3.63) is 36.2 Å². The lowest BCUT2D eigenvalue weighted by atomic mass is 10.0. The summed E-state index contributed by atoms with van der Waals surface area (Å²) in [5.74, 6) is -0.367. The number of nitrogens with one attached hydrogen (secondary N) is 1. The number of fused-ring (bicyclic) bond motifs is 1. The van der Waals surface area contributed by atoms with Gasteiger partial charge in [0, 0.05) is 18.3 Å². The molecule has 0 aliphatic rings. The van der Waals surface area contributed by atoms with Gasteiger partial charge in [0.25, 0.3) is 0 Å². The molecule has 0 bridgehead atoms. The number of rotatable bonds is 4. The molecule has 2 rings (SSSR count). The van der Waals surface area contributed by atoms with Crippen LogP contribution in [-0.4, -0.2) is 21.1 Å². The number of amides is 1. The Morgan fingerprint density at radius 1 is 1.53 bits per heavy atom. The molecule has 0 spiro atoms. The Morgan fingerprint density at radius 3 is 3.00 bits per heavy atom. The predicted molar refractivity (Wildman–Crippen MR) is 65.3 cm³/mol. The zero-order chi connectivity index (χ0) is 12.5. The van der Waals surface area contributed by atoms with Gasteiger partial charge in [-0.25, -0.2) is 4.52 Å². The molecule has 17 heavy (non-hydrogen) atoms. The van der Waals surface area contributed by atoms with E-state index in [-0.39, 0.29) is 5.91 Å². The van der Waals surface area contributed by atoms with Gasteiger partial charge in [-0.05, 0) is 26.0 Å². The van der Waals surface area contributed by atoms with Gasteiger partial charge in [0.15, 0.2) is 0 Å². The van der Waals surface area contributed by atoms with Crippen molar-refractivity contribution in [2.45, 2.75) is 25.9 Å². The van der Waals surface area contributed by atoms with E-state index in [1.807, 2.05) is 24.4 Å². The minimum absolute atomic E-state index is 0.367. The average Bonchev–Trinajstić information content (AvgIpc) is 2.69. The van der Waals surface area contributed by atoms with Crippen LogP contribution in [0.25, 0.3) is 5.52 Å². The average molecular weight is 232 g/mol. The SMILES string of the molecule is CC(C)(NCc1cnn2ccccc12)C(N)=O. The van der Waals surface area contributed by atoms with Crippen LogP contribution >= 0.6 is 0 Å². The first kappa shape index (κ1) is 11.6. The normalized spacial score (nSPS) is 11.9. The summed E-state index contributed by atoms with van der Waals surface area (Å²) in [6.45, 7) is 4.09.